The van der Waals surface area contributed by atoms with E-state index in [1.54, 1.807) is 24.3 Å². The lowest BCUT2D eigenvalue weighted by Crippen LogP contribution is -2.42. The molecule has 2 N–H and O–H groups in total. The van der Waals surface area contributed by atoms with Crippen molar-refractivity contribution in [1.82, 2.24) is 4.72 Å². The first-order valence-corrected chi connectivity index (χ1v) is 8.50. The molecular formula is C14H21NO5S. The van der Waals surface area contributed by atoms with Gasteiger partial charge in [-0.05, 0) is 18.6 Å². The van der Waals surface area contributed by atoms with Gasteiger partial charge in [0, 0.05) is 0 Å². The van der Waals surface area contributed by atoms with Crippen LogP contribution in [0.3, 0.4) is 0 Å². The van der Waals surface area contributed by atoms with E-state index in [1.807, 2.05) is 13.0 Å². The summed E-state index contributed by atoms with van der Waals surface area (Å²) < 4.78 is 31.2. The van der Waals surface area contributed by atoms with Crippen molar-refractivity contribution in [2.75, 3.05) is 12.4 Å². The van der Waals surface area contributed by atoms with Gasteiger partial charge in [-0.1, -0.05) is 38.0 Å². The van der Waals surface area contributed by atoms with Crippen LogP contribution in [0.4, 0.5) is 0 Å². The van der Waals surface area contributed by atoms with Crippen LogP contribution in [0.15, 0.2) is 30.3 Å². The Morgan fingerprint density at radius 2 is 2.00 bits per heavy atom. The molecule has 0 aromatic heterocycles. The van der Waals surface area contributed by atoms with Gasteiger partial charge in [0.1, 0.15) is 18.4 Å². The number of sulfonamides is 1. The zero-order chi connectivity index (χ0) is 15.7. The fraction of sp³-hybridized carbons (Fsp3) is 0.500. The van der Waals surface area contributed by atoms with Crippen LogP contribution in [0.5, 0.6) is 5.75 Å². The highest BCUT2D eigenvalue weighted by atomic mass is 32.2. The molecule has 1 rings (SSSR count). The molecule has 0 saturated carbocycles. The number of aliphatic carboxylic acids is 1. The van der Waals surface area contributed by atoms with Crippen molar-refractivity contribution in [3.8, 4) is 5.75 Å². The first kappa shape index (κ1) is 17.5. The molecule has 0 amide bonds. The van der Waals surface area contributed by atoms with E-state index in [0.717, 1.165) is 6.42 Å². The second kappa shape index (κ2) is 8.63. The molecule has 0 radical (unpaired) electrons. The summed E-state index contributed by atoms with van der Waals surface area (Å²) in [7, 11) is -3.68. The average Bonchev–Trinajstić information content (AvgIpc) is 2.44. The van der Waals surface area contributed by atoms with Crippen LogP contribution in [0.2, 0.25) is 0 Å². The topological polar surface area (TPSA) is 92.7 Å². The normalized spacial score (nSPS) is 12.8. The Kier molecular flexibility index (Phi) is 7.18. The van der Waals surface area contributed by atoms with Gasteiger partial charge in [0.15, 0.2) is 0 Å². The Labute approximate surface area is 125 Å². The minimum absolute atomic E-state index is 0.0283. The number of carboxylic acid groups (broad SMARTS) is 1. The molecule has 0 saturated heterocycles. The molecule has 1 aromatic rings. The lowest BCUT2D eigenvalue weighted by atomic mass is 10.1. The van der Waals surface area contributed by atoms with E-state index in [2.05, 4.69) is 4.72 Å². The second-order valence-corrected chi connectivity index (χ2v) is 6.50. The van der Waals surface area contributed by atoms with Crippen molar-refractivity contribution >= 4 is 16.0 Å². The maximum atomic E-state index is 11.8. The van der Waals surface area contributed by atoms with E-state index in [0.29, 0.717) is 12.2 Å². The average molecular weight is 315 g/mol. The largest absolute Gasteiger partial charge is 0.492 e. The van der Waals surface area contributed by atoms with Crippen molar-refractivity contribution in [3.05, 3.63) is 30.3 Å². The van der Waals surface area contributed by atoms with E-state index in [-0.39, 0.29) is 18.8 Å². The lowest BCUT2D eigenvalue weighted by Gasteiger charge is -2.14. The molecule has 0 aliphatic rings. The molecule has 0 spiro atoms. The zero-order valence-electron chi connectivity index (χ0n) is 12.0. The van der Waals surface area contributed by atoms with Gasteiger partial charge in [-0.3, -0.25) is 4.79 Å². The van der Waals surface area contributed by atoms with Crippen molar-refractivity contribution < 1.29 is 23.1 Å². The number of carboxylic acids is 1. The van der Waals surface area contributed by atoms with Gasteiger partial charge < -0.3 is 9.84 Å². The number of rotatable bonds is 10. The van der Waals surface area contributed by atoms with Gasteiger partial charge in [-0.15, -0.1) is 0 Å². The Bertz CT molecular complexity index is 530. The highest BCUT2D eigenvalue weighted by molar-refractivity contribution is 7.89. The number of nitrogens with one attached hydrogen (secondary N) is 1. The van der Waals surface area contributed by atoms with Crippen LogP contribution in [0, 0.1) is 0 Å². The molecule has 0 aliphatic heterocycles. The Morgan fingerprint density at radius 3 is 2.57 bits per heavy atom. The minimum Gasteiger partial charge on any atom is -0.492 e. The van der Waals surface area contributed by atoms with Crippen molar-refractivity contribution in [3.63, 3.8) is 0 Å². The van der Waals surface area contributed by atoms with Gasteiger partial charge in [0.2, 0.25) is 10.0 Å². The number of hydrogen-bond acceptors (Lipinski definition) is 4. The molecule has 118 valence electrons. The van der Waals surface area contributed by atoms with Crippen molar-refractivity contribution in [2.24, 2.45) is 0 Å². The van der Waals surface area contributed by atoms with Gasteiger partial charge in [0.25, 0.3) is 0 Å². The molecule has 0 unspecified atom stereocenters. The second-order valence-electron chi connectivity index (χ2n) is 4.63. The molecule has 0 aliphatic carbocycles. The van der Waals surface area contributed by atoms with Crippen molar-refractivity contribution in [2.45, 2.75) is 32.2 Å². The summed E-state index contributed by atoms with van der Waals surface area (Å²) in [4.78, 5) is 11.0. The third kappa shape index (κ3) is 7.10. The minimum atomic E-state index is -3.68. The number of hydrogen-bond donors (Lipinski definition) is 2. The third-order valence-electron chi connectivity index (χ3n) is 2.83. The van der Waals surface area contributed by atoms with Gasteiger partial charge >= 0.3 is 5.97 Å². The van der Waals surface area contributed by atoms with E-state index in [1.165, 1.54) is 0 Å². The van der Waals surface area contributed by atoms with Crippen LogP contribution in [-0.2, 0) is 14.8 Å². The van der Waals surface area contributed by atoms with Crippen molar-refractivity contribution in [1.29, 1.82) is 0 Å². The number of benzene rings is 1. The predicted octanol–water partition coefficient (Wildman–Crippen LogP) is 1.63. The molecule has 21 heavy (non-hydrogen) atoms. The monoisotopic (exact) mass is 315 g/mol. The zero-order valence-corrected chi connectivity index (χ0v) is 12.8. The van der Waals surface area contributed by atoms with Gasteiger partial charge in [-0.2, -0.15) is 0 Å². The third-order valence-corrected chi connectivity index (χ3v) is 4.18. The van der Waals surface area contributed by atoms with Gasteiger partial charge in [-0.25, -0.2) is 13.1 Å². The van der Waals surface area contributed by atoms with Crippen LogP contribution < -0.4 is 9.46 Å². The highest BCUT2D eigenvalue weighted by Crippen LogP contribution is 2.08. The molecule has 0 heterocycles. The fourth-order valence-electron chi connectivity index (χ4n) is 1.70. The standard InChI is InChI=1S/C14H21NO5S/c1-2-3-9-13(14(16)17)15-21(18,19)11-10-20-12-7-5-4-6-8-12/h4-8,13,15H,2-3,9-11H2,1H3,(H,16,17)/t13-/m0/s1. The summed E-state index contributed by atoms with van der Waals surface area (Å²) in [6.07, 6.45) is 1.74. The molecule has 6 nitrogen and oxygen atoms in total. The number of unbranched alkanes of at least 4 members (excludes halogenated alkanes) is 1. The number of ether oxygens (including phenoxy) is 1. The van der Waals surface area contributed by atoms with E-state index < -0.39 is 22.0 Å². The van der Waals surface area contributed by atoms with Crippen LogP contribution in [0.1, 0.15) is 26.2 Å². The molecular weight excluding hydrogens is 294 g/mol. The number of para-hydroxylation sites is 1. The summed E-state index contributed by atoms with van der Waals surface area (Å²) in [5, 5.41) is 9.01. The Morgan fingerprint density at radius 1 is 1.33 bits per heavy atom. The first-order chi connectivity index (χ1) is 9.94. The molecule has 1 aromatic carbocycles. The fourth-order valence-corrected chi connectivity index (χ4v) is 2.78. The van der Waals surface area contributed by atoms with Crippen LogP contribution >= 0.6 is 0 Å². The van der Waals surface area contributed by atoms with Crippen LogP contribution in [0.25, 0.3) is 0 Å². The summed E-state index contributed by atoms with van der Waals surface area (Å²) >= 11 is 0. The highest BCUT2D eigenvalue weighted by Gasteiger charge is 2.23. The Balaban J connectivity index is 2.46. The summed E-state index contributed by atoms with van der Waals surface area (Å²) in [6.45, 7) is 1.89. The van der Waals surface area contributed by atoms with E-state index >= 15 is 0 Å². The summed E-state index contributed by atoms with van der Waals surface area (Å²) in [5.41, 5.74) is 0. The quantitative estimate of drug-likeness (QED) is 0.684. The summed E-state index contributed by atoms with van der Waals surface area (Å²) in [6, 6.07) is 7.77. The predicted molar refractivity (Wildman–Crippen MR) is 79.8 cm³/mol. The SMILES string of the molecule is CCCC[C@H](NS(=O)(=O)CCOc1ccccc1)C(=O)O. The van der Waals surface area contributed by atoms with E-state index in [4.69, 9.17) is 9.84 Å². The van der Waals surface area contributed by atoms with E-state index in [9.17, 15) is 13.2 Å². The maximum Gasteiger partial charge on any atom is 0.321 e. The number of carbonyl (C=O) groups is 1. The smallest absolute Gasteiger partial charge is 0.321 e. The van der Waals surface area contributed by atoms with Gasteiger partial charge in [0.05, 0.1) is 5.75 Å². The maximum absolute atomic E-state index is 11.8. The molecule has 1 atom stereocenters. The molecule has 0 fully saturated rings. The molecule has 0 bridgehead atoms. The Hall–Kier alpha value is -1.60. The van der Waals surface area contributed by atoms with Crippen LogP contribution in [-0.4, -0.2) is 37.9 Å². The first-order valence-electron chi connectivity index (χ1n) is 6.85. The molecule has 7 heteroatoms. The summed E-state index contributed by atoms with van der Waals surface area (Å²) in [5.74, 6) is -0.859. The lowest BCUT2D eigenvalue weighted by molar-refractivity contribution is -0.139.